The number of aryl methyl sites for hydroxylation is 2. The summed E-state index contributed by atoms with van der Waals surface area (Å²) in [6.45, 7) is 4.34. The smallest absolute Gasteiger partial charge is 0.136 e. The Hall–Kier alpha value is -1.48. The highest BCUT2D eigenvalue weighted by atomic mass is 16.4. The summed E-state index contributed by atoms with van der Waals surface area (Å²) < 4.78 is 11.4. The Morgan fingerprint density at radius 1 is 1.32 bits per heavy atom. The summed E-state index contributed by atoms with van der Waals surface area (Å²) in [6.07, 6.45) is 4.38. The van der Waals surface area contributed by atoms with Crippen molar-refractivity contribution in [2.24, 2.45) is 5.92 Å². The number of aliphatic hydroxyl groups is 1. The minimum absolute atomic E-state index is 0.559. The number of hydrogen-bond acceptors (Lipinski definition) is 3. The van der Waals surface area contributed by atoms with E-state index in [1.54, 1.807) is 6.26 Å². The molecule has 102 valence electrons. The summed E-state index contributed by atoms with van der Waals surface area (Å²) in [6, 6.07) is 4.05. The maximum absolute atomic E-state index is 10.3. The summed E-state index contributed by atoms with van der Waals surface area (Å²) >= 11 is 0. The molecule has 2 aromatic heterocycles. The Kier molecular flexibility index (Phi) is 3.23. The summed E-state index contributed by atoms with van der Waals surface area (Å²) in [5.74, 6) is 3.29. The molecule has 0 bridgehead atoms. The number of fused-ring (bicyclic) bond motifs is 2. The van der Waals surface area contributed by atoms with E-state index in [9.17, 15) is 5.11 Å². The number of aliphatic hydroxyl groups excluding tert-OH is 1. The molecular weight excluding hydrogens is 240 g/mol. The van der Waals surface area contributed by atoms with Gasteiger partial charge in [0.05, 0.1) is 6.26 Å². The van der Waals surface area contributed by atoms with Crippen LogP contribution in [0.15, 0.2) is 27.2 Å². The van der Waals surface area contributed by atoms with E-state index in [2.05, 4.69) is 19.9 Å². The van der Waals surface area contributed by atoms with Gasteiger partial charge in [-0.2, -0.15) is 0 Å². The molecule has 0 amide bonds. The van der Waals surface area contributed by atoms with E-state index in [1.165, 1.54) is 0 Å². The molecule has 1 aliphatic rings. The zero-order chi connectivity index (χ0) is 13.4. The molecule has 19 heavy (non-hydrogen) atoms. The van der Waals surface area contributed by atoms with Crippen LogP contribution in [-0.4, -0.2) is 5.11 Å². The average molecular weight is 260 g/mol. The molecule has 0 aromatic carbocycles. The molecule has 0 radical (unpaired) electrons. The van der Waals surface area contributed by atoms with Gasteiger partial charge in [0.1, 0.15) is 23.4 Å². The van der Waals surface area contributed by atoms with Crippen molar-refractivity contribution in [2.75, 3.05) is 0 Å². The third kappa shape index (κ3) is 2.47. The van der Waals surface area contributed by atoms with Crippen LogP contribution < -0.4 is 0 Å². The summed E-state index contributed by atoms with van der Waals surface area (Å²) in [7, 11) is 0. The fraction of sp³-hybridized carbons (Fsp3) is 0.500. The van der Waals surface area contributed by atoms with Gasteiger partial charge in [-0.3, -0.25) is 0 Å². The Morgan fingerprint density at radius 3 is 2.95 bits per heavy atom. The van der Waals surface area contributed by atoms with E-state index in [-0.39, 0.29) is 0 Å². The Bertz CT molecular complexity index is 562. The molecule has 0 spiro atoms. The Morgan fingerprint density at radius 2 is 2.16 bits per heavy atom. The third-order valence-corrected chi connectivity index (χ3v) is 3.68. The van der Waals surface area contributed by atoms with E-state index in [0.29, 0.717) is 12.3 Å². The minimum Gasteiger partial charge on any atom is -0.469 e. The van der Waals surface area contributed by atoms with Crippen molar-refractivity contribution in [3.8, 4) is 0 Å². The maximum Gasteiger partial charge on any atom is 0.136 e. The van der Waals surface area contributed by atoms with Crippen molar-refractivity contribution >= 4 is 0 Å². The second kappa shape index (κ2) is 4.89. The standard InChI is InChI=1S/C16H20O3/c1-10(2)7-13-8-12-3-4-15-11(5-6-18-15)9-14(17)16(12)19-13/h5-6,8,10,14,17H,3-4,7,9H2,1-2H3. The van der Waals surface area contributed by atoms with Gasteiger partial charge in [-0.1, -0.05) is 13.8 Å². The predicted octanol–water partition coefficient (Wildman–Crippen LogP) is 3.45. The van der Waals surface area contributed by atoms with Crippen LogP contribution in [0.1, 0.15) is 48.4 Å². The van der Waals surface area contributed by atoms with Crippen molar-refractivity contribution in [2.45, 2.75) is 45.6 Å². The van der Waals surface area contributed by atoms with Gasteiger partial charge in [-0.15, -0.1) is 0 Å². The van der Waals surface area contributed by atoms with Gasteiger partial charge < -0.3 is 13.9 Å². The van der Waals surface area contributed by atoms with Gasteiger partial charge >= 0.3 is 0 Å². The lowest BCUT2D eigenvalue weighted by atomic mass is 9.96. The van der Waals surface area contributed by atoms with Crippen molar-refractivity contribution in [3.05, 3.63) is 46.8 Å². The molecule has 2 aromatic rings. The van der Waals surface area contributed by atoms with E-state index >= 15 is 0 Å². The Labute approximate surface area is 113 Å². The summed E-state index contributed by atoms with van der Waals surface area (Å²) in [5, 5.41) is 10.3. The molecule has 0 saturated heterocycles. The monoisotopic (exact) mass is 260 g/mol. The van der Waals surface area contributed by atoms with Crippen LogP contribution in [0.2, 0.25) is 0 Å². The van der Waals surface area contributed by atoms with Gasteiger partial charge in [-0.25, -0.2) is 0 Å². The molecule has 2 heterocycles. The largest absolute Gasteiger partial charge is 0.469 e. The fourth-order valence-corrected chi connectivity index (χ4v) is 2.80. The van der Waals surface area contributed by atoms with Gasteiger partial charge in [0.25, 0.3) is 0 Å². The Balaban J connectivity index is 1.90. The molecular formula is C16H20O3. The first kappa shape index (κ1) is 12.5. The molecule has 3 heteroatoms. The zero-order valence-corrected chi connectivity index (χ0v) is 11.5. The quantitative estimate of drug-likeness (QED) is 0.899. The predicted molar refractivity (Wildman–Crippen MR) is 72.0 cm³/mol. The number of furan rings is 2. The lowest BCUT2D eigenvalue weighted by molar-refractivity contribution is 0.144. The number of rotatable bonds is 2. The van der Waals surface area contributed by atoms with Crippen molar-refractivity contribution in [1.29, 1.82) is 0 Å². The van der Waals surface area contributed by atoms with Crippen LogP contribution in [0.25, 0.3) is 0 Å². The highest BCUT2D eigenvalue weighted by Crippen LogP contribution is 2.31. The molecule has 1 atom stereocenters. The SMILES string of the molecule is CC(C)Cc1cc2c(o1)C(O)Cc1ccoc1CC2. The lowest BCUT2D eigenvalue weighted by Crippen LogP contribution is -2.08. The van der Waals surface area contributed by atoms with E-state index < -0.39 is 6.10 Å². The van der Waals surface area contributed by atoms with Crippen LogP contribution >= 0.6 is 0 Å². The van der Waals surface area contributed by atoms with E-state index in [4.69, 9.17) is 8.83 Å². The zero-order valence-electron chi connectivity index (χ0n) is 11.5. The van der Waals surface area contributed by atoms with Crippen LogP contribution in [0, 0.1) is 5.92 Å². The second-order valence-corrected chi connectivity index (χ2v) is 5.79. The first-order chi connectivity index (χ1) is 9.13. The third-order valence-electron chi connectivity index (χ3n) is 3.68. The van der Waals surface area contributed by atoms with Gasteiger partial charge in [0.2, 0.25) is 0 Å². The molecule has 3 rings (SSSR count). The number of hydrogen-bond donors (Lipinski definition) is 1. The van der Waals surface area contributed by atoms with Gasteiger partial charge in [0.15, 0.2) is 0 Å². The summed E-state index contributed by atoms with van der Waals surface area (Å²) in [4.78, 5) is 0. The highest BCUT2D eigenvalue weighted by molar-refractivity contribution is 5.30. The lowest BCUT2D eigenvalue weighted by Gasteiger charge is -2.13. The van der Waals surface area contributed by atoms with Crippen LogP contribution in [-0.2, 0) is 25.7 Å². The van der Waals surface area contributed by atoms with Gasteiger partial charge in [-0.05, 0) is 35.6 Å². The van der Waals surface area contributed by atoms with Gasteiger partial charge in [0, 0.05) is 19.3 Å². The minimum atomic E-state index is -0.562. The first-order valence-corrected chi connectivity index (χ1v) is 6.98. The van der Waals surface area contributed by atoms with Crippen LogP contribution in [0.5, 0.6) is 0 Å². The van der Waals surface area contributed by atoms with E-state index in [0.717, 1.165) is 47.7 Å². The molecule has 0 aliphatic heterocycles. The average Bonchev–Trinajstić information content (AvgIpc) is 2.91. The molecule has 1 N–H and O–H groups in total. The fourth-order valence-electron chi connectivity index (χ4n) is 2.80. The summed E-state index contributed by atoms with van der Waals surface area (Å²) in [5.41, 5.74) is 2.23. The molecule has 3 nitrogen and oxygen atoms in total. The van der Waals surface area contributed by atoms with Crippen LogP contribution in [0.4, 0.5) is 0 Å². The highest BCUT2D eigenvalue weighted by Gasteiger charge is 2.24. The first-order valence-electron chi connectivity index (χ1n) is 6.98. The van der Waals surface area contributed by atoms with Crippen molar-refractivity contribution in [3.63, 3.8) is 0 Å². The second-order valence-electron chi connectivity index (χ2n) is 5.79. The molecule has 0 fully saturated rings. The molecule has 1 aliphatic carbocycles. The topological polar surface area (TPSA) is 46.5 Å². The van der Waals surface area contributed by atoms with Crippen LogP contribution in [0.3, 0.4) is 0 Å². The molecule has 1 unspecified atom stereocenters. The van der Waals surface area contributed by atoms with Crippen molar-refractivity contribution in [1.82, 2.24) is 0 Å². The molecule has 0 saturated carbocycles. The normalized spacial score (nSPS) is 18.8. The van der Waals surface area contributed by atoms with E-state index in [1.807, 2.05) is 6.07 Å². The maximum atomic E-state index is 10.3. The van der Waals surface area contributed by atoms with Crippen molar-refractivity contribution < 1.29 is 13.9 Å².